The minimum Gasteiger partial charge on any atom is -0.399 e. The van der Waals surface area contributed by atoms with Gasteiger partial charge in [-0.3, -0.25) is 4.90 Å². The van der Waals surface area contributed by atoms with Gasteiger partial charge in [0.1, 0.15) is 5.01 Å². The maximum atomic E-state index is 5.72. The number of thiazole rings is 1. The predicted molar refractivity (Wildman–Crippen MR) is 82.1 cm³/mol. The van der Waals surface area contributed by atoms with Crippen molar-refractivity contribution in [1.82, 2.24) is 9.88 Å². The fraction of sp³-hybridized carbons (Fsp3) is 0.400. The molecule has 0 amide bonds. The number of anilines is 1. The number of hydrogen-bond donors (Lipinski definition) is 1. The van der Waals surface area contributed by atoms with E-state index in [2.05, 4.69) is 41.2 Å². The van der Waals surface area contributed by atoms with E-state index < -0.39 is 0 Å². The SMILES string of the molecule is Cc1csc(CN(Cc2ccc(N)cc2)C(C)C)n1. The van der Waals surface area contributed by atoms with Crippen molar-refractivity contribution in [2.45, 2.75) is 39.9 Å². The van der Waals surface area contributed by atoms with Crippen molar-refractivity contribution in [3.05, 3.63) is 45.9 Å². The molecule has 0 saturated carbocycles. The summed E-state index contributed by atoms with van der Waals surface area (Å²) in [4.78, 5) is 6.97. The Morgan fingerprint density at radius 1 is 1.21 bits per heavy atom. The number of nitrogens with zero attached hydrogens (tertiary/aromatic N) is 2. The predicted octanol–water partition coefficient (Wildman–Crippen LogP) is 3.44. The highest BCUT2D eigenvalue weighted by molar-refractivity contribution is 7.09. The average molecular weight is 275 g/mol. The second-order valence-electron chi connectivity index (χ2n) is 5.12. The van der Waals surface area contributed by atoms with Gasteiger partial charge in [0, 0.05) is 29.3 Å². The van der Waals surface area contributed by atoms with Crippen molar-refractivity contribution in [1.29, 1.82) is 0 Å². The van der Waals surface area contributed by atoms with Crippen LogP contribution in [0.25, 0.3) is 0 Å². The van der Waals surface area contributed by atoms with Crippen molar-refractivity contribution in [3.63, 3.8) is 0 Å². The van der Waals surface area contributed by atoms with Crippen LogP contribution in [0.4, 0.5) is 5.69 Å². The number of aryl methyl sites for hydroxylation is 1. The molecule has 3 nitrogen and oxygen atoms in total. The van der Waals surface area contributed by atoms with Crippen molar-refractivity contribution in [3.8, 4) is 0 Å². The molecule has 0 aliphatic heterocycles. The van der Waals surface area contributed by atoms with E-state index in [-0.39, 0.29) is 0 Å². The first-order valence-corrected chi connectivity index (χ1v) is 7.42. The fourth-order valence-corrected chi connectivity index (χ4v) is 2.72. The molecule has 1 aromatic carbocycles. The monoisotopic (exact) mass is 275 g/mol. The summed E-state index contributed by atoms with van der Waals surface area (Å²) >= 11 is 1.74. The van der Waals surface area contributed by atoms with Gasteiger partial charge in [-0.25, -0.2) is 4.98 Å². The topological polar surface area (TPSA) is 42.1 Å². The third-order valence-electron chi connectivity index (χ3n) is 3.10. The Labute approximate surface area is 119 Å². The zero-order valence-electron chi connectivity index (χ0n) is 11.8. The van der Waals surface area contributed by atoms with Crippen LogP contribution >= 0.6 is 11.3 Å². The lowest BCUT2D eigenvalue weighted by atomic mass is 10.1. The smallest absolute Gasteiger partial charge is 0.107 e. The first kappa shape index (κ1) is 14.0. The van der Waals surface area contributed by atoms with Gasteiger partial charge in [0.25, 0.3) is 0 Å². The molecular weight excluding hydrogens is 254 g/mol. The van der Waals surface area contributed by atoms with Gasteiger partial charge < -0.3 is 5.73 Å². The molecule has 19 heavy (non-hydrogen) atoms. The summed E-state index contributed by atoms with van der Waals surface area (Å²) in [6, 6.07) is 8.60. The minimum atomic E-state index is 0.488. The van der Waals surface area contributed by atoms with Crippen molar-refractivity contribution in [2.75, 3.05) is 5.73 Å². The highest BCUT2D eigenvalue weighted by Crippen LogP contribution is 2.17. The molecule has 0 spiro atoms. The number of nitrogen functional groups attached to an aromatic ring is 1. The summed E-state index contributed by atoms with van der Waals surface area (Å²) in [5, 5.41) is 3.29. The van der Waals surface area contributed by atoms with Crippen LogP contribution in [0.3, 0.4) is 0 Å². The number of rotatable bonds is 5. The number of aromatic nitrogens is 1. The Kier molecular flexibility index (Phi) is 4.56. The molecule has 0 atom stereocenters. The van der Waals surface area contributed by atoms with Crippen LogP contribution in [0.2, 0.25) is 0 Å². The van der Waals surface area contributed by atoms with Gasteiger partial charge in [-0.05, 0) is 38.5 Å². The van der Waals surface area contributed by atoms with Gasteiger partial charge in [-0.1, -0.05) is 12.1 Å². The molecular formula is C15H21N3S. The fourth-order valence-electron chi connectivity index (χ4n) is 1.93. The van der Waals surface area contributed by atoms with E-state index in [1.54, 1.807) is 11.3 Å². The summed E-state index contributed by atoms with van der Waals surface area (Å²) in [6.45, 7) is 8.31. The van der Waals surface area contributed by atoms with Crippen LogP contribution < -0.4 is 5.73 Å². The molecule has 2 aromatic rings. The number of hydrogen-bond acceptors (Lipinski definition) is 4. The zero-order chi connectivity index (χ0) is 13.8. The number of benzene rings is 1. The van der Waals surface area contributed by atoms with E-state index in [4.69, 9.17) is 5.73 Å². The molecule has 0 radical (unpaired) electrons. The van der Waals surface area contributed by atoms with E-state index in [0.29, 0.717) is 6.04 Å². The van der Waals surface area contributed by atoms with Crippen LogP contribution in [0.1, 0.15) is 30.1 Å². The van der Waals surface area contributed by atoms with Crippen LogP contribution in [0.15, 0.2) is 29.6 Å². The molecule has 0 fully saturated rings. The Morgan fingerprint density at radius 2 is 1.89 bits per heavy atom. The van der Waals surface area contributed by atoms with E-state index in [1.165, 1.54) is 10.6 Å². The van der Waals surface area contributed by atoms with Crippen molar-refractivity contribution in [2.24, 2.45) is 0 Å². The lowest BCUT2D eigenvalue weighted by molar-refractivity contribution is 0.203. The Bertz CT molecular complexity index is 516. The molecule has 1 aromatic heterocycles. The zero-order valence-corrected chi connectivity index (χ0v) is 12.6. The van der Waals surface area contributed by atoms with Crippen molar-refractivity contribution >= 4 is 17.0 Å². The Balaban J connectivity index is 2.06. The third kappa shape index (κ3) is 4.04. The lowest BCUT2D eigenvalue weighted by Gasteiger charge is -2.25. The molecule has 4 heteroatoms. The van der Waals surface area contributed by atoms with Gasteiger partial charge in [0.2, 0.25) is 0 Å². The standard InChI is InChI=1S/C15H21N3S/c1-11(2)18(9-15-17-12(3)10-19-15)8-13-4-6-14(16)7-5-13/h4-7,10-11H,8-9,16H2,1-3H3. The van der Waals surface area contributed by atoms with Gasteiger partial charge in [0.15, 0.2) is 0 Å². The molecule has 0 bridgehead atoms. The summed E-state index contributed by atoms with van der Waals surface area (Å²) in [5.74, 6) is 0. The van der Waals surface area contributed by atoms with Crippen LogP contribution in [0, 0.1) is 6.92 Å². The minimum absolute atomic E-state index is 0.488. The summed E-state index contributed by atoms with van der Waals surface area (Å²) < 4.78 is 0. The van der Waals surface area contributed by atoms with Crippen LogP contribution in [-0.4, -0.2) is 15.9 Å². The maximum Gasteiger partial charge on any atom is 0.107 e. The van der Waals surface area contributed by atoms with Gasteiger partial charge >= 0.3 is 0 Å². The molecule has 0 aliphatic rings. The van der Waals surface area contributed by atoms with Crippen molar-refractivity contribution < 1.29 is 0 Å². The van der Waals surface area contributed by atoms with Gasteiger partial charge in [0.05, 0.1) is 6.54 Å². The largest absolute Gasteiger partial charge is 0.399 e. The van der Waals surface area contributed by atoms with E-state index >= 15 is 0 Å². The van der Waals surface area contributed by atoms with Crippen LogP contribution in [-0.2, 0) is 13.1 Å². The molecule has 2 rings (SSSR count). The molecule has 0 unspecified atom stereocenters. The third-order valence-corrected chi connectivity index (χ3v) is 4.05. The number of nitrogens with two attached hydrogens (primary N) is 1. The highest BCUT2D eigenvalue weighted by atomic mass is 32.1. The van der Waals surface area contributed by atoms with Gasteiger partial charge in [-0.15, -0.1) is 11.3 Å². The maximum absolute atomic E-state index is 5.72. The normalized spacial score (nSPS) is 11.4. The highest BCUT2D eigenvalue weighted by Gasteiger charge is 2.12. The van der Waals surface area contributed by atoms with Gasteiger partial charge in [-0.2, -0.15) is 0 Å². The quantitative estimate of drug-likeness (QED) is 0.850. The molecule has 2 N–H and O–H groups in total. The first-order chi connectivity index (χ1) is 9.04. The molecule has 1 heterocycles. The summed E-state index contributed by atoms with van der Waals surface area (Å²) in [5.41, 5.74) is 8.93. The summed E-state index contributed by atoms with van der Waals surface area (Å²) in [6.07, 6.45) is 0. The van der Waals surface area contributed by atoms with E-state index in [9.17, 15) is 0 Å². The van der Waals surface area contributed by atoms with Crippen LogP contribution in [0.5, 0.6) is 0 Å². The average Bonchev–Trinajstić information content (AvgIpc) is 2.76. The van der Waals surface area contributed by atoms with E-state index in [0.717, 1.165) is 24.5 Å². The summed E-state index contributed by atoms with van der Waals surface area (Å²) in [7, 11) is 0. The second-order valence-corrected chi connectivity index (χ2v) is 6.07. The molecule has 102 valence electrons. The van der Waals surface area contributed by atoms with E-state index in [1.807, 2.05) is 19.1 Å². The molecule has 0 saturated heterocycles. The second kappa shape index (κ2) is 6.17. The molecule has 0 aliphatic carbocycles. The Hall–Kier alpha value is -1.39. The lowest BCUT2D eigenvalue weighted by Crippen LogP contribution is -2.29. The Morgan fingerprint density at radius 3 is 2.42 bits per heavy atom. The first-order valence-electron chi connectivity index (χ1n) is 6.54.